The van der Waals surface area contributed by atoms with Crippen molar-refractivity contribution in [2.24, 2.45) is 5.92 Å². The molecule has 0 spiro atoms. The van der Waals surface area contributed by atoms with Crippen LogP contribution >= 0.6 is 12.4 Å². The predicted octanol–water partition coefficient (Wildman–Crippen LogP) is 2.18. The van der Waals surface area contributed by atoms with Gasteiger partial charge in [-0.3, -0.25) is 0 Å². The first-order valence-electron chi connectivity index (χ1n) is 7.55. The van der Waals surface area contributed by atoms with Crippen LogP contribution in [0.25, 0.3) is 0 Å². The van der Waals surface area contributed by atoms with Crippen LogP contribution in [0.15, 0.2) is 29.2 Å². The highest BCUT2D eigenvalue weighted by Crippen LogP contribution is 2.17. The van der Waals surface area contributed by atoms with Gasteiger partial charge in [0, 0.05) is 6.54 Å². The Bertz CT molecular complexity index is 528. The number of nitrogens with one attached hydrogen (secondary N) is 2. The summed E-state index contributed by atoms with van der Waals surface area (Å²) in [5.74, 6) is 1.08. The highest BCUT2D eigenvalue weighted by atomic mass is 35.5. The summed E-state index contributed by atoms with van der Waals surface area (Å²) in [6.07, 6.45) is 3.10. The van der Waals surface area contributed by atoms with Gasteiger partial charge in [-0.05, 0) is 62.5 Å². The lowest BCUT2D eigenvalue weighted by Gasteiger charge is -2.22. The second-order valence-electron chi connectivity index (χ2n) is 5.38. The molecule has 22 heavy (non-hydrogen) atoms. The van der Waals surface area contributed by atoms with Crippen molar-refractivity contribution in [3.05, 3.63) is 24.3 Å². The standard InChI is InChI=1S/C15H24N2O3S.ClH/c1-2-10-20-14-5-7-15(8-6-14)21(18,19)17-12-13-4-3-9-16-11-13;/h5-8,13,16-17H,2-4,9-12H2,1H3;1H. The largest absolute Gasteiger partial charge is 0.494 e. The fourth-order valence-corrected chi connectivity index (χ4v) is 3.46. The Kier molecular flexibility index (Phi) is 8.17. The Labute approximate surface area is 139 Å². The predicted molar refractivity (Wildman–Crippen MR) is 90.3 cm³/mol. The third-order valence-corrected chi connectivity index (χ3v) is 5.01. The number of halogens is 1. The second-order valence-corrected chi connectivity index (χ2v) is 7.15. The highest BCUT2D eigenvalue weighted by molar-refractivity contribution is 7.89. The van der Waals surface area contributed by atoms with Gasteiger partial charge >= 0.3 is 0 Å². The van der Waals surface area contributed by atoms with Crippen LogP contribution in [0.1, 0.15) is 26.2 Å². The lowest BCUT2D eigenvalue weighted by atomic mass is 10.0. The SMILES string of the molecule is CCCOc1ccc(S(=O)(=O)NCC2CCCNC2)cc1.Cl. The van der Waals surface area contributed by atoms with Gasteiger partial charge in [0.15, 0.2) is 0 Å². The van der Waals surface area contributed by atoms with E-state index in [1.807, 2.05) is 6.92 Å². The first-order valence-corrected chi connectivity index (χ1v) is 9.03. The third-order valence-electron chi connectivity index (χ3n) is 3.57. The van der Waals surface area contributed by atoms with Crippen molar-refractivity contribution >= 4 is 22.4 Å². The molecule has 1 unspecified atom stereocenters. The zero-order valence-electron chi connectivity index (χ0n) is 12.9. The number of rotatable bonds is 7. The summed E-state index contributed by atoms with van der Waals surface area (Å²) >= 11 is 0. The number of ether oxygens (including phenoxy) is 1. The number of piperidine rings is 1. The molecule has 0 aliphatic carbocycles. The number of benzene rings is 1. The van der Waals surface area contributed by atoms with Gasteiger partial charge in [-0.25, -0.2) is 13.1 Å². The second kappa shape index (κ2) is 9.35. The van der Waals surface area contributed by atoms with Gasteiger partial charge in [0.25, 0.3) is 0 Å². The Hall–Kier alpha value is -0.820. The number of sulfonamides is 1. The summed E-state index contributed by atoms with van der Waals surface area (Å²) in [5, 5.41) is 3.29. The Morgan fingerprint density at radius 3 is 2.64 bits per heavy atom. The molecule has 2 rings (SSSR count). The maximum atomic E-state index is 12.2. The highest BCUT2D eigenvalue weighted by Gasteiger charge is 2.18. The lowest BCUT2D eigenvalue weighted by Crippen LogP contribution is -2.38. The fourth-order valence-electron chi connectivity index (χ4n) is 2.34. The van der Waals surface area contributed by atoms with E-state index < -0.39 is 10.0 Å². The van der Waals surface area contributed by atoms with Crippen molar-refractivity contribution in [3.8, 4) is 5.75 Å². The fraction of sp³-hybridized carbons (Fsp3) is 0.600. The molecule has 0 saturated carbocycles. The van der Waals surface area contributed by atoms with Gasteiger partial charge in [-0.15, -0.1) is 12.4 Å². The molecule has 1 aliphatic rings. The molecule has 1 aromatic carbocycles. The normalized spacial score (nSPS) is 18.5. The maximum Gasteiger partial charge on any atom is 0.240 e. The first kappa shape index (κ1) is 19.2. The van der Waals surface area contributed by atoms with Crippen molar-refractivity contribution in [1.29, 1.82) is 0 Å². The van der Waals surface area contributed by atoms with Gasteiger partial charge < -0.3 is 10.1 Å². The molecule has 0 radical (unpaired) electrons. The molecule has 126 valence electrons. The molecule has 0 bridgehead atoms. The molecular formula is C15H25ClN2O3S. The van der Waals surface area contributed by atoms with Crippen molar-refractivity contribution in [1.82, 2.24) is 10.0 Å². The van der Waals surface area contributed by atoms with E-state index in [9.17, 15) is 8.42 Å². The molecule has 1 aliphatic heterocycles. The van der Waals surface area contributed by atoms with Gasteiger partial charge in [0.1, 0.15) is 5.75 Å². The molecule has 7 heteroatoms. The minimum absolute atomic E-state index is 0. The zero-order valence-corrected chi connectivity index (χ0v) is 14.5. The van der Waals surface area contributed by atoms with Crippen molar-refractivity contribution in [2.45, 2.75) is 31.1 Å². The quantitative estimate of drug-likeness (QED) is 0.792. The minimum atomic E-state index is -3.43. The number of hydrogen-bond acceptors (Lipinski definition) is 4. The van der Waals surface area contributed by atoms with Crippen molar-refractivity contribution in [3.63, 3.8) is 0 Å². The van der Waals surface area contributed by atoms with E-state index in [0.717, 1.165) is 32.4 Å². The van der Waals surface area contributed by atoms with Crippen LogP contribution in [0.2, 0.25) is 0 Å². The minimum Gasteiger partial charge on any atom is -0.494 e. The van der Waals surface area contributed by atoms with E-state index in [-0.39, 0.29) is 17.3 Å². The number of hydrogen-bond donors (Lipinski definition) is 2. The average molecular weight is 349 g/mol. The Balaban J connectivity index is 0.00000242. The molecule has 1 heterocycles. The zero-order chi connectivity index (χ0) is 15.1. The van der Waals surface area contributed by atoms with Gasteiger partial charge in [0.05, 0.1) is 11.5 Å². The lowest BCUT2D eigenvalue weighted by molar-refractivity contribution is 0.317. The summed E-state index contributed by atoms with van der Waals surface area (Å²) in [6, 6.07) is 6.58. The van der Waals surface area contributed by atoms with Crippen LogP contribution < -0.4 is 14.8 Å². The molecule has 0 amide bonds. The topological polar surface area (TPSA) is 67.4 Å². The molecule has 5 nitrogen and oxygen atoms in total. The molecule has 1 fully saturated rings. The van der Waals surface area contributed by atoms with Crippen LogP contribution in [0, 0.1) is 5.92 Å². The van der Waals surface area contributed by atoms with Crippen LogP contribution in [0.3, 0.4) is 0 Å². The molecule has 1 atom stereocenters. The Morgan fingerprint density at radius 1 is 1.32 bits per heavy atom. The van der Waals surface area contributed by atoms with Crippen LogP contribution in [0.5, 0.6) is 5.75 Å². The molecular weight excluding hydrogens is 324 g/mol. The first-order chi connectivity index (χ1) is 10.1. The van der Waals surface area contributed by atoms with E-state index >= 15 is 0 Å². The van der Waals surface area contributed by atoms with E-state index in [1.54, 1.807) is 24.3 Å². The molecule has 2 N–H and O–H groups in total. The van der Waals surface area contributed by atoms with E-state index in [4.69, 9.17) is 4.74 Å². The van der Waals surface area contributed by atoms with E-state index in [1.165, 1.54) is 0 Å². The van der Waals surface area contributed by atoms with Crippen molar-refractivity contribution < 1.29 is 13.2 Å². The maximum absolute atomic E-state index is 12.2. The smallest absolute Gasteiger partial charge is 0.240 e. The van der Waals surface area contributed by atoms with Crippen LogP contribution in [-0.2, 0) is 10.0 Å². The van der Waals surface area contributed by atoms with Gasteiger partial charge in [-0.2, -0.15) is 0 Å². The summed E-state index contributed by atoms with van der Waals surface area (Å²) < 4.78 is 32.6. The van der Waals surface area contributed by atoms with E-state index in [2.05, 4.69) is 10.0 Å². The summed E-state index contributed by atoms with van der Waals surface area (Å²) in [4.78, 5) is 0.287. The van der Waals surface area contributed by atoms with Crippen molar-refractivity contribution in [2.75, 3.05) is 26.2 Å². The molecule has 1 aromatic rings. The Morgan fingerprint density at radius 2 is 2.05 bits per heavy atom. The monoisotopic (exact) mass is 348 g/mol. The summed E-state index contributed by atoms with van der Waals surface area (Å²) in [7, 11) is -3.43. The molecule has 1 saturated heterocycles. The van der Waals surface area contributed by atoms with Crippen LogP contribution in [-0.4, -0.2) is 34.7 Å². The van der Waals surface area contributed by atoms with E-state index in [0.29, 0.717) is 24.8 Å². The molecule has 0 aromatic heterocycles. The summed E-state index contributed by atoms with van der Waals surface area (Å²) in [6.45, 7) is 5.07. The van der Waals surface area contributed by atoms with Crippen LogP contribution in [0.4, 0.5) is 0 Å². The van der Waals surface area contributed by atoms with Gasteiger partial charge in [-0.1, -0.05) is 6.92 Å². The third kappa shape index (κ3) is 5.76. The average Bonchev–Trinajstić information content (AvgIpc) is 2.52. The summed E-state index contributed by atoms with van der Waals surface area (Å²) in [5.41, 5.74) is 0. The van der Waals surface area contributed by atoms with Gasteiger partial charge in [0.2, 0.25) is 10.0 Å².